The summed E-state index contributed by atoms with van der Waals surface area (Å²) in [5.74, 6) is -13.5. The van der Waals surface area contributed by atoms with Gasteiger partial charge in [-0.05, 0) is 19.8 Å². The number of aliphatic carboxylic acids is 2. The van der Waals surface area contributed by atoms with Crippen LogP contribution < -0.4 is 81.4 Å². The lowest BCUT2D eigenvalue weighted by molar-refractivity contribution is -0.140. The standard InChI is InChI=1S/C35H56N16O17/c1-15(30(64)49-28(45-18(12-54)8-21(36)58)33(67)48-25(24(37)63)44-17(11-53)4-3-5-41-35(38)39)42-32(66)27(46-19(13-55)9-22(59)60)51-34(68)29(47-20(14-56)10-23(61)62)50-31(65)26(40-6-7-52)43-16(2)57/h7,11-15,17-20,25-29,40,44-47H,3-6,8-10H2,1-2H3,(H2,36,58)(H2,37,63)(H,42,66)(H,43,57)(H,48,67)(H,49,64)(H,50,65)(H,51,68)(H,59,60)(H,61,62)(H4,38,39,41)/t15-,17+,18+,19+,20+,25-,26-,27-,28-,29-/m0/s1. The molecule has 0 unspecified atom stereocenters. The predicted molar refractivity (Wildman–Crippen MR) is 226 cm³/mol. The van der Waals surface area contributed by atoms with E-state index in [9.17, 15) is 82.1 Å². The lowest BCUT2D eigenvalue weighted by Crippen LogP contribution is -2.68. The van der Waals surface area contributed by atoms with Gasteiger partial charge in [0, 0.05) is 19.9 Å². The monoisotopic (exact) mass is 972 g/mol. The molecule has 0 rings (SSSR count). The molecule has 68 heavy (non-hydrogen) atoms. The number of carboxylic acid groups (broad SMARTS) is 2. The lowest BCUT2D eigenvalue weighted by atomic mass is 10.1. The van der Waals surface area contributed by atoms with E-state index in [-0.39, 0.29) is 44.2 Å². The van der Waals surface area contributed by atoms with E-state index < -0.39 is 146 Å². The van der Waals surface area contributed by atoms with E-state index in [1.165, 1.54) is 0 Å². The number of primary amides is 2. The second kappa shape index (κ2) is 31.9. The minimum Gasteiger partial charge on any atom is -0.481 e. The van der Waals surface area contributed by atoms with Crippen LogP contribution >= 0.6 is 0 Å². The number of carbonyl (C=O) groups is 15. The normalized spacial score (nSPS) is 15.1. The molecule has 378 valence electrons. The SMILES string of the molecule is CC(=O)N[C@H](NCC=O)C(=O)N[C@H](N[C@@H](C=O)CC(=O)O)C(=O)N[C@H](N[C@@H](C=O)CC(=O)O)C(=O)N[C@@H](C)C(=O)N[C@H](N[C@@H](C=O)CC(N)=O)C(=O)N[C@H](N[C@@H](C=O)CCCN=C(N)N)C(N)=O. The number of nitrogens with zero attached hydrogens (tertiary/aromatic N) is 1. The van der Waals surface area contributed by atoms with Crippen molar-refractivity contribution in [3.05, 3.63) is 0 Å². The molecule has 0 aliphatic carbocycles. The average molecular weight is 973 g/mol. The summed E-state index contributed by atoms with van der Waals surface area (Å²) in [6, 6.07) is -8.08. The molecule has 33 heteroatoms. The van der Waals surface area contributed by atoms with Gasteiger partial charge in [0.1, 0.15) is 37.5 Å². The minimum atomic E-state index is -2.26. The fourth-order valence-corrected chi connectivity index (χ4v) is 5.23. The molecular formula is C35H56N16O17. The molecule has 0 aromatic heterocycles. The van der Waals surface area contributed by atoms with Gasteiger partial charge in [-0.2, -0.15) is 0 Å². The average Bonchev–Trinajstić information content (AvgIpc) is 3.25. The maximum atomic E-state index is 13.7. The molecule has 0 spiro atoms. The fourth-order valence-electron chi connectivity index (χ4n) is 5.23. The van der Waals surface area contributed by atoms with Crippen LogP contribution in [0.4, 0.5) is 0 Å². The van der Waals surface area contributed by atoms with Crippen molar-refractivity contribution in [1.29, 1.82) is 0 Å². The Hall–Kier alpha value is -7.88. The summed E-state index contributed by atoms with van der Waals surface area (Å²) in [7, 11) is 0. The number of hydrogen-bond acceptors (Lipinski definition) is 21. The number of nitrogens with two attached hydrogens (primary N) is 4. The highest BCUT2D eigenvalue weighted by atomic mass is 16.4. The Morgan fingerprint density at radius 3 is 1.31 bits per heavy atom. The van der Waals surface area contributed by atoms with E-state index in [1.807, 2.05) is 10.6 Å². The summed E-state index contributed by atoms with van der Waals surface area (Å²) in [5.41, 5.74) is 21.1. The van der Waals surface area contributed by atoms with Crippen LogP contribution in [-0.2, 0) is 71.9 Å². The van der Waals surface area contributed by atoms with Crippen molar-refractivity contribution >= 4 is 96.6 Å². The first kappa shape index (κ1) is 60.1. The van der Waals surface area contributed by atoms with E-state index in [2.05, 4.69) is 52.8 Å². The summed E-state index contributed by atoms with van der Waals surface area (Å²) >= 11 is 0. The van der Waals surface area contributed by atoms with E-state index in [4.69, 9.17) is 22.9 Å². The van der Waals surface area contributed by atoms with Crippen molar-refractivity contribution in [2.75, 3.05) is 13.1 Å². The third-order valence-corrected chi connectivity index (χ3v) is 8.34. The number of amides is 8. The first-order valence-electron chi connectivity index (χ1n) is 19.8. The number of guanidine groups is 1. The molecule has 0 radical (unpaired) electrons. The number of aliphatic imine (C=N–C) groups is 1. The Bertz CT molecular complexity index is 1880. The van der Waals surface area contributed by atoms with Gasteiger partial charge in [0.25, 0.3) is 29.5 Å². The number of rotatable bonds is 37. The maximum Gasteiger partial charge on any atom is 0.305 e. The summed E-state index contributed by atoms with van der Waals surface area (Å²) in [4.78, 5) is 188. The Labute approximate surface area is 384 Å². The number of aldehydes is 5. The largest absolute Gasteiger partial charge is 0.481 e. The Kier molecular flexibility index (Phi) is 28.2. The summed E-state index contributed by atoms with van der Waals surface area (Å²) in [5, 5.41) is 42.4. The smallest absolute Gasteiger partial charge is 0.305 e. The van der Waals surface area contributed by atoms with Crippen LogP contribution in [0.2, 0.25) is 0 Å². The van der Waals surface area contributed by atoms with Crippen LogP contribution in [-0.4, -0.2) is 181 Å². The highest BCUT2D eigenvalue weighted by molar-refractivity contribution is 5.97. The van der Waals surface area contributed by atoms with Gasteiger partial charge in [-0.1, -0.05) is 0 Å². The predicted octanol–water partition coefficient (Wildman–Crippen LogP) is -11.5. The molecule has 21 N–H and O–H groups in total. The fraction of sp³-hybridized carbons (Fsp3) is 0.543. The second-order valence-electron chi connectivity index (χ2n) is 14.1. The Morgan fingerprint density at radius 1 is 0.529 bits per heavy atom. The van der Waals surface area contributed by atoms with Gasteiger partial charge in [0.05, 0.1) is 43.6 Å². The van der Waals surface area contributed by atoms with Gasteiger partial charge in [-0.15, -0.1) is 0 Å². The molecule has 0 bridgehead atoms. The van der Waals surface area contributed by atoms with Gasteiger partial charge in [-0.25, -0.2) is 0 Å². The lowest BCUT2D eigenvalue weighted by Gasteiger charge is -2.29. The summed E-state index contributed by atoms with van der Waals surface area (Å²) in [6.07, 6.45) is -11.9. The molecule has 0 fully saturated rings. The van der Waals surface area contributed by atoms with Gasteiger partial charge >= 0.3 is 11.9 Å². The van der Waals surface area contributed by atoms with Crippen LogP contribution in [0.25, 0.3) is 0 Å². The van der Waals surface area contributed by atoms with Crippen molar-refractivity contribution in [1.82, 2.24) is 58.5 Å². The van der Waals surface area contributed by atoms with Crippen molar-refractivity contribution in [3.63, 3.8) is 0 Å². The van der Waals surface area contributed by atoms with E-state index >= 15 is 0 Å². The van der Waals surface area contributed by atoms with Crippen LogP contribution in [0.15, 0.2) is 4.99 Å². The zero-order valence-electron chi connectivity index (χ0n) is 36.4. The minimum absolute atomic E-state index is 0.00283. The zero-order chi connectivity index (χ0) is 52.1. The summed E-state index contributed by atoms with van der Waals surface area (Å²) in [6.45, 7) is 1.48. The maximum absolute atomic E-state index is 13.7. The van der Waals surface area contributed by atoms with Crippen molar-refractivity contribution in [2.24, 2.45) is 27.9 Å². The van der Waals surface area contributed by atoms with Gasteiger partial charge in [-0.3, -0.25) is 79.5 Å². The Morgan fingerprint density at radius 2 is 0.926 bits per heavy atom. The molecule has 33 nitrogen and oxygen atoms in total. The van der Waals surface area contributed by atoms with Gasteiger partial charge < -0.3 is 89.0 Å². The molecule has 0 saturated carbocycles. The van der Waals surface area contributed by atoms with Gasteiger partial charge in [0.2, 0.25) is 17.7 Å². The Balaban J connectivity index is 6.85. The first-order chi connectivity index (χ1) is 31.9. The van der Waals surface area contributed by atoms with Crippen molar-refractivity contribution < 1.29 is 82.1 Å². The molecule has 0 aromatic rings. The van der Waals surface area contributed by atoms with Crippen LogP contribution in [0.5, 0.6) is 0 Å². The van der Waals surface area contributed by atoms with E-state index in [0.717, 1.165) is 13.8 Å². The molecule has 0 aliphatic rings. The van der Waals surface area contributed by atoms with Gasteiger partial charge in [0.15, 0.2) is 36.8 Å². The highest BCUT2D eigenvalue weighted by Gasteiger charge is 2.35. The quantitative estimate of drug-likeness (QED) is 0.00903. The van der Waals surface area contributed by atoms with Crippen LogP contribution in [0.1, 0.15) is 46.0 Å². The topological polar surface area (TPSA) is 545 Å². The van der Waals surface area contributed by atoms with Crippen LogP contribution in [0, 0.1) is 0 Å². The molecule has 0 saturated heterocycles. The number of nitrogens with one attached hydrogen (secondary N) is 11. The number of hydrogen-bond donors (Lipinski definition) is 17. The molecular weight excluding hydrogens is 916 g/mol. The van der Waals surface area contributed by atoms with E-state index in [1.54, 1.807) is 0 Å². The number of carboxylic acids is 2. The highest BCUT2D eigenvalue weighted by Crippen LogP contribution is 2.01. The first-order valence-corrected chi connectivity index (χ1v) is 19.8. The van der Waals surface area contributed by atoms with Crippen molar-refractivity contribution in [3.8, 4) is 0 Å². The van der Waals surface area contributed by atoms with E-state index in [0.29, 0.717) is 12.6 Å². The van der Waals surface area contributed by atoms with Crippen molar-refractivity contribution in [2.45, 2.75) is 107 Å². The zero-order valence-corrected chi connectivity index (χ0v) is 36.4. The number of carbonyl (C=O) groups excluding carboxylic acids is 13. The summed E-state index contributed by atoms with van der Waals surface area (Å²) < 4.78 is 0. The molecule has 10 atom stereocenters. The second-order valence-corrected chi connectivity index (χ2v) is 14.1. The third-order valence-electron chi connectivity index (χ3n) is 8.34. The molecule has 8 amide bonds. The molecule has 0 aromatic carbocycles. The molecule has 0 aliphatic heterocycles. The third kappa shape index (κ3) is 25.0. The van der Waals surface area contributed by atoms with Crippen LogP contribution in [0.3, 0.4) is 0 Å². The molecule has 0 heterocycles.